The third-order valence-corrected chi connectivity index (χ3v) is 8.10. The number of amides is 1. The van der Waals surface area contributed by atoms with Crippen LogP contribution >= 0.6 is 0 Å². The fourth-order valence-electron chi connectivity index (χ4n) is 5.71. The predicted molar refractivity (Wildman–Crippen MR) is 168 cm³/mol. The van der Waals surface area contributed by atoms with Gasteiger partial charge in [-0.3, -0.25) is 14.9 Å². The Bertz CT molecular complexity index is 1450. The molecule has 10 nitrogen and oxygen atoms in total. The van der Waals surface area contributed by atoms with Crippen molar-refractivity contribution < 1.29 is 43.2 Å². The van der Waals surface area contributed by atoms with Crippen LogP contribution in [0.5, 0.6) is 0 Å². The van der Waals surface area contributed by atoms with E-state index in [-0.39, 0.29) is 0 Å². The molecule has 7 atom stereocenters. The number of aliphatic hydroxyl groups is 1. The van der Waals surface area contributed by atoms with E-state index in [0.717, 1.165) is 11.1 Å². The maximum absolute atomic E-state index is 13.9. The number of nitrogens with one attached hydrogen (secondary N) is 1. The smallest absolute Gasteiger partial charge is 0.412 e. The summed E-state index contributed by atoms with van der Waals surface area (Å²) in [7, 11) is 1.35. The molecule has 2 N–H and O–H groups in total. The maximum Gasteiger partial charge on any atom is 0.412 e. The van der Waals surface area contributed by atoms with Gasteiger partial charge in [-0.05, 0) is 48.9 Å². The summed E-state index contributed by atoms with van der Waals surface area (Å²) >= 11 is 0. The van der Waals surface area contributed by atoms with Gasteiger partial charge in [0.05, 0.1) is 18.4 Å². The molecule has 0 spiro atoms. The van der Waals surface area contributed by atoms with E-state index in [2.05, 4.69) is 5.32 Å². The summed E-state index contributed by atoms with van der Waals surface area (Å²) in [5, 5.41) is 12.9. The van der Waals surface area contributed by atoms with Gasteiger partial charge in [0.25, 0.3) is 0 Å². The molecule has 0 aliphatic carbocycles. The molecule has 3 aromatic rings. The number of ether oxygens (including phenoxy) is 5. The minimum Gasteiger partial charge on any atom is -0.454 e. The first-order valence-electron chi connectivity index (χ1n) is 15.4. The molecule has 0 radical (unpaired) electrons. The first kappa shape index (κ1) is 32.9. The van der Waals surface area contributed by atoms with Crippen molar-refractivity contribution >= 4 is 23.7 Å². The Morgan fingerprint density at radius 3 is 1.78 bits per heavy atom. The Balaban J connectivity index is 1.49. The lowest BCUT2D eigenvalue weighted by Crippen LogP contribution is -2.63. The van der Waals surface area contributed by atoms with Gasteiger partial charge in [-0.25, -0.2) is 4.79 Å². The Morgan fingerprint density at radius 2 is 1.28 bits per heavy atom. The van der Waals surface area contributed by atoms with Crippen molar-refractivity contribution in [3.05, 3.63) is 114 Å². The number of para-hydroxylation sites is 1. The van der Waals surface area contributed by atoms with Gasteiger partial charge in [-0.2, -0.15) is 0 Å². The van der Waals surface area contributed by atoms with Crippen molar-refractivity contribution in [3.63, 3.8) is 0 Å². The molecule has 2 aliphatic heterocycles. The molecular formula is C36H39NO9. The van der Waals surface area contributed by atoms with Crippen molar-refractivity contribution in [2.24, 2.45) is 11.8 Å². The molecule has 3 aromatic carbocycles. The monoisotopic (exact) mass is 629 g/mol. The Kier molecular flexibility index (Phi) is 11.6. The number of carbonyl (C=O) groups excluding carboxylic acids is 3. The van der Waals surface area contributed by atoms with Gasteiger partial charge >= 0.3 is 18.0 Å². The van der Waals surface area contributed by atoms with Crippen LogP contribution in [0.2, 0.25) is 0 Å². The molecule has 1 amide bonds. The van der Waals surface area contributed by atoms with Gasteiger partial charge in [-0.15, -0.1) is 0 Å². The highest BCUT2D eigenvalue weighted by Gasteiger charge is 2.53. The van der Waals surface area contributed by atoms with Crippen molar-refractivity contribution in [3.8, 4) is 0 Å². The third-order valence-electron chi connectivity index (χ3n) is 8.10. The van der Waals surface area contributed by atoms with Crippen LogP contribution in [0, 0.1) is 11.8 Å². The number of esters is 2. The predicted octanol–water partition coefficient (Wildman–Crippen LogP) is 4.86. The number of methoxy groups -OCH3 is 1. The number of rotatable bonds is 8. The number of carbonyl (C=O) groups is 3. The van der Waals surface area contributed by atoms with Gasteiger partial charge < -0.3 is 28.8 Å². The Labute approximate surface area is 268 Å². The zero-order valence-corrected chi connectivity index (χ0v) is 25.6. The largest absolute Gasteiger partial charge is 0.454 e. The van der Waals surface area contributed by atoms with Crippen LogP contribution in [0.1, 0.15) is 24.0 Å². The molecule has 1 saturated heterocycles. The second-order valence-corrected chi connectivity index (χ2v) is 11.3. The van der Waals surface area contributed by atoms with E-state index in [1.165, 1.54) is 7.11 Å². The molecule has 10 heteroatoms. The van der Waals surface area contributed by atoms with Crippen LogP contribution in [-0.2, 0) is 46.1 Å². The van der Waals surface area contributed by atoms with Crippen molar-refractivity contribution in [2.75, 3.05) is 19.0 Å². The maximum atomic E-state index is 13.9. The van der Waals surface area contributed by atoms with E-state index in [1.54, 1.807) is 30.3 Å². The second-order valence-electron chi connectivity index (χ2n) is 11.3. The van der Waals surface area contributed by atoms with Crippen LogP contribution < -0.4 is 5.32 Å². The first-order chi connectivity index (χ1) is 22.4. The molecule has 0 unspecified atom stereocenters. The molecular weight excluding hydrogens is 590 g/mol. The lowest BCUT2D eigenvalue weighted by Gasteiger charge is -2.44. The summed E-state index contributed by atoms with van der Waals surface area (Å²) in [6.45, 7) is -0.593. The number of hydrogen-bond acceptors (Lipinski definition) is 9. The van der Waals surface area contributed by atoms with Crippen molar-refractivity contribution in [1.29, 1.82) is 0 Å². The number of anilines is 1. The van der Waals surface area contributed by atoms with E-state index in [4.69, 9.17) is 23.7 Å². The first-order valence-corrected chi connectivity index (χ1v) is 15.4. The molecule has 1 fully saturated rings. The van der Waals surface area contributed by atoms with Crippen LogP contribution in [0.15, 0.2) is 103 Å². The summed E-state index contributed by atoms with van der Waals surface area (Å²) in [5.74, 6) is -2.30. The standard InChI is InChI=1S/C36H39NO9/c1-42-35-32-31(30(29(23-38)43-35)46-36(41)37-28-19-9-4-10-20-28)44-33(39)26(21-24-13-5-2-6-14-24)17-11-12-18-27(34(40)45-32)22-25-15-7-3-8-16-25/h2-16,19-20,26-27,29-32,35,38H,17-18,21-23H2,1H3,(H,37,41)/b12-11+/t26-,27-,29-,30-,31+,32-,35+/m1/s1. The number of hydrogen-bond donors (Lipinski definition) is 2. The highest BCUT2D eigenvalue weighted by atomic mass is 16.7. The Morgan fingerprint density at radius 1 is 0.783 bits per heavy atom. The minimum absolute atomic E-state index is 0.353. The summed E-state index contributed by atoms with van der Waals surface area (Å²) in [4.78, 5) is 40.8. The van der Waals surface area contributed by atoms with Crippen LogP contribution in [0.3, 0.4) is 0 Å². The molecule has 46 heavy (non-hydrogen) atoms. The summed E-state index contributed by atoms with van der Waals surface area (Å²) in [5.41, 5.74) is 2.37. The number of aliphatic hydroxyl groups excluding tert-OH is 1. The number of benzene rings is 3. The summed E-state index contributed by atoms with van der Waals surface area (Å²) in [6.07, 6.45) is -1.94. The van der Waals surface area contributed by atoms with E-state index < -0.39 is 67.2 Å². The zero-order valence-electron chi connectivity index (χ0n) is 25.6. The normalized spacial score (nSPS) is 27.5. The molecule has 2 heterocycles. The molecule has 2 aliphatic rings. The van der Waals surface area contributed by atoms with Crippen molar-refractivity contribution in [2.45, 2.75) is 56.4 Å². The van der Waals surface area contributed by atoms with Crippen molar-refractivity contribution in [1.82, 2.24) is 0 Å². The molecule has 242 valence electrons. The van der Waals surface area contributed by atoms with E-state index in [1.807, 2.05) is 72.8 Å². The van der Waals surface area contributed by atoms with Gasteiger partial charge in [0, 0.05) is 12.8 Å². The molecule has 5 rings (SSSR count). The highest BCUT2D eigenvalue weighted by Crippen LogP contribution is 2.32. The Hall–Kier alpha value is -4.51. The average molecular weight is 630 g/mol. The fourth-order valence-corrected chi connectivity index (χ4v) is 5.71. The lowest BCUT2D eigenvalue weighted by molar-refractivity contribution is -0.300. The van der Waals surface area contributed by atoms with Crippen LogP contribution in [0.25, 0.3) is 0 Å². The van der Waals surface area contributed by atoms with Crippen LogP contribution in [-0.4, -0.2) is 67.6 Å². The van der Waals surface area contributed by atoms with Crippen LogP contribution in [0.4, 0.5) is 10.5 Å². The quantitative estimate of drug-likeness (QED) is 0.204. The lowest BCUT2D eigenvalue weighted by atomic mass is 9.92. The van der Waals surface area contributed by atoms with E-state index in [9.17, 15) is 19.5 Å². The highest BCUT2D eigenvalue weighted by molar-refractivity contribution is 5.84. The number of fused-ring (bicyclic) bond motifs is 1. The summed E-state index contributed by atoms with van der Waals surface area (Å²) < 4.78 is 29.4. The summed E-state index contributed by atoms with van der Waals surface area (Å²) in [6, 6.07) is 27.8. The third kappa shape index (κ3) is 8.60. The molecule has 0 saturated carbocycles. The SMILES string of the molecule is CO[C@H]1O[C@H](CO)[C@@H](OC(=O)Nc2ccccc2)[C@@H]2OC(=O)[C@@H](Cc3ccccc3)C/C=C/C[C@H](Cc3ccccc3)C(=O)O[C@@H]12. The average Bonchev–Trinajstić information content (AvgIpc) is 3.07. The fraction of sp³-hybridized carbons (Fsp3) is 0.361. The molecule has 0 aromatic heterocycles. The second kappa shape index (κ2) is 16.2. The van der Waals surface area contributed by atoms with Gasteiger partial charge in [0.1, 0.15) is 6.10 Å². The van der Waals surface area contributed by atoms with Gasteiger partial charge in [0.2, 0.25) is 0 Å². The number of allylic oxidation sites excluding steroid dienone is 2. The van der Waals surface area contributed by atoms with Gasteiger partial charge in [-0.1, -0.05) is 91.0 Å². The van der Waals surface area contributed by atoms with E-state index >= 15 is 0 Å². The minimum atomic E-state index is -1.35. The zero-order chi connectivity index (χ0) is 32.3. The molecule has 0 bridgehead atoms. The van der Waals surface area contributed by atoms with Gasteiger partial charge in [0.15, 0.2) is 24.6 Å². The van der Waals surface area contributed by atoms with E-state index in [0.29, 0.717) is 31.4 Å². The topological polar surface area (TPSA) is 130 Å².